The van der Waals surface area contributed by atoms with Crippen LogP contribution in [0.3, 0.4) is 0 Å². The third-order valence-corrected chi connectivity index (χ3v) is 4.74. The topological polar surface area (TPSA) is 66.5 Å². The van der Waals surface area contributed by atoms with E-state index in [4.69, 9.17) is 0 Å². The highest BCUT2D eigenvalue weighted by Crippen LogP contribution is 2.24. The lowest BCUT2D eigenvalue weighted by Crippen LogP contribution is -2.28. The molecule has 5 nitrogen and oxygen atoms in total. The predicted octanol–water partition coefficient (Wildman–Crippen LogP) is 3.66. The molecule has 3 rings (SSSR count). The number of anilines is 2. The lowest BCUT2D eigenvalue weighted by molar-refractivity contribution is -0.121. The van der Waals surface area contributed by atoms with E-state index in [1.807, 2.05) is 25.1 Å². The third kappa shape index (κ3) is 3.23. The number of amides is 3. The smallest absolute Gasteiger partial charge is 0.255 e. The Morgan fingerprint density at radius 3 is 2.25 bits per heavy atom. The van der Waals surface area contributed by atoms with Gasteiger partial charge in [-0.1, -0.05) is 15.9 Å². The lowest BCUT2D eigenvalue weighted by atomic mass is 10.1. The average molecular weight is 387 g/mol. The van der Waals surface area contributed by atoms with Gasteiger partial charge >= 0.3 is 0 Å². The molecule has 0 unspecified atom stereocenters. The number of benzene rings is 2. The second kappa shape index (κ2) is 6.57. The fraction of sp³-hybridized carbons (Fsp3) is 0.167. The summed E-state index contributed by atoms with van der Waals surface area (Å²) in [4.78, 5) is 36.9. The van der Waals surface area contributed by atoms with E-state index in [9.17, 15) is 14.4 Å². The molecule has 0 aliphatic carbocycles. The van der Waals surface area contributed by atoms with Crippen LogP contribution in [0.2, 0.25) is 0 Å². The Labute approximate surface area is 147 Å². The Morgan fingerprint density at radius 1 is 1.04 bits per heavy atom. The van der Waals surface area contributed by atoms with E-state index in [2.05, 4.69) is 21.2 Å². The van der Waals surface area contributed by atoms with Crippen molar-refractivity contribution in [2.75, 3.05) is 10.2 Å². The van der Waals surface area contributed by atoms with E-state index in [1.165, 1.54) is 4.90 Å². The van der Waals surface area contributed by atoms with Crippen LogP contribution in [0.15, 0.2) is 46.9 Å². The zero-order valence-electron chi connectivity index (χ0n) is 13.0. The van der Waals surface area contributed by atoms with Crippen LogP contribution in [0, 0.1) is 6.92 Å². The van der Waals surface area contributed by atoms with Gasteiger partial charge in [0.2, 0.25) is 11.8 Å². The summed E-state index contributed by atoms with van der Waals surface area (Å²) in [5, 5.41) is 2.83. The van der Waals surface area contributed by atoms with Gasteiger partial charge in [-0.2, -0.15) is 0 Å². The number of nitrogens with one attached hydrogen (secondary N) is 1. The quantitative estimate of drug-likeness (QED) is 0.818. The first-order valence-electron chi connectivity index (χ1n) is 7.49. The SMILES string of the molecule is Cc1cc(NC(=O)c2ccc(N3C(=O)CCC3=O)cc2)ccc1Br. The first-order chi connectivity index (χ1) is 11.5. The number of nitrogens with zero attached hydrogens (tertiary/aromatic N) is 1. The van der Waals surface area contributed by atoms with Gasteiger partial charge < -0.3 is 5.32 Å². The molecule has 1 aliphatic rings. The molecule has 2 aromatic carbocycles. The Hall–Kier alpha value is -2.47. The number of carbonyl (C=O) groups is 3. The van der Waals surface area contributed by atoms with Gasteiger partial charge in [-0.05, 0) is 55.0 Å². The highest BCUT2D eigenvalue weighted by Gasteiger charge is 2.30. The molecule has 1 heterocycles. The van der Waals surface area contributed by atoms with Gasteiger partial charge in [0.15, 0.2) is 0 Å². The second-order valence-corrected chi connectivity index (χ2v) is 6.44. The highest BCUT2D eigenvalue weighted by molar-refractivity contribution is 9.10. The van der Waals surface area contributed by atoms with Crippen LogP contribution in [0.4, 0.5) is 11.4 Å². The van der Waals surface area contributed by atoms with Gasteiger partial charge in [0.1, 0.15) is 0 Å². The third-order valence-electron chi connectivity index (χ3n) is 3.86. The van der Waals surface area contributed by atoms with Crippen molar-refractivity contribution in [1.29, 1.82) is 0 Å². The molecular weight excluding hydrogens is 372 g/mol. The molecule has 0 spiro atoms. The molecule has 1 fully saturated rings. The van der Waals surface area contributed by atoms with Gasteiger partial charge in [-0.3, -0.25) is 19.3 Å². The van der Waals surface area contributed by atoms with E-state index in [1.54, 1.807) is 24.3 Å². The molecule has 24 heavy (non-hydrogen) atoms. The molecule has 0 atom stereocenters. The maximum atomic E-state index is 12.3. The molecule has 0 bridgehead atoms. The lowest BCUT2D eigenvalue weighted by Gasteiger charge is -2.14. The van der Waals surface area contributed by atoms with E-state index in [-0.39, 0.29) is 30.6 Å². The second-order valence-electron chi connectivity index (χ2n) is 5.59. The molecule has 122 valence electrons. The van der Waals surface area contributed by atoms with Gasteiger partial charge in [0.25, 0.3) is 5.91 Å². The maximum absolute atomic E-state index is 12.3. The van der Waals surface area contributed by atoms with Gasteiger partial charge in [0.05, 0.1) is 5.69 Å². The minimum atomic E-state index is -0.248. The van der Waals surface area contributed by atoms with Crippen LogP contribution in [-0.2, 0) is 9.59 Å². The fourth-order valence-corrected chi connectivity index (χ4v) is 2.80. The van der Waals surface area contributed by atoms with Crippen LogP contribution in [0.25, 0.3) is 0 Å². The largest absolute Gasteiger partial charge is 0.322 e. The minimum Gasteiger partial charge on any atom is -0.322 e. The summed E-state index contributed by atoms with van der Waals surface area (Å²) in [5.74, 6) is -0.660. The first kappa shape index (κ1) is 16.4. The summed E-state index contributed by atoms with van der Waals surface area (Å²) in [6, 6.07) is 12.0. The van der Waals surface area contributed by atoms with E-state index >= 15 is 0 Å². The number of imide groups is 1. The Morgan fingerprint density at radius 2 is 1.67 bits per heavy atom. The molecule has 1 aliphatic heterocycles. The fourth-order valence-electron chi connectivity index (χ4n) is 2.55. The van der Waals surface area contributed by atoms with Crippen LogP contribution in [0.1, 0.15) is 28.8 Å². The number of halogens is 1. The monoisotopic (exact) mass is 386 g/mol. The normalized spacial score (nSPS) is 14.2. The van der Waals surface area contributed by atoms with E-state index in [0.717, 1.165) is 10.0 Å². The van der Waals surface area contributed by atoms with E-state index in [0.29, 0.717) is 16.9 Å². The molecule has 3 amide bonds. The van der Waals surface area contributed by atoms with Crippen LogP contribution >= 0.6 is 15.9 Å². The zero-order chi connectivity index (χ0) is 17.3. The van der Waals surface area contributed by atoms with E-state index < -0.39 is 0 Å². The van der Waals surface area contributed by atoms with Crippen molar-refractivity contribution in [3.05, 3.63) is 58.1 Å². The van der Waals surface area contributed by atoms with Crippen LogP contribution in [-0.4, -0.2) is 17.7 Å². The van der Waals surface area contributed by atoms with Crippen molar-refractivity contribution in [3.63, 3.8) is 0 Å². The van der Waals surface area contributed by atoms with Gasteiger partial charge in [0, 0.05) is 28.6 Å². The molecule has 1 saturated heterocycles. The summed E-state index contributed by atoms with van der Waals surface area (Å²) in [6.07, 6.45) is 0.480. The standard InChI is InChI=1S/C18H15BrN2O3/c1-11-10-13(4-7-15(11)19)20-18(24)12-2-5-14(6-3-12)21-16(22)8-9-17(21)23/h2-7,10H,8-9H2,1H3,(H,20,24). The Balaban J connectivity index is 1.75. The average Bonchev–Trinajstić information content (AvgIpc) is 2.90. The van der Waals surface area contributed by atoms with Crippen molar-refractivity contribution < 1.29 is 14.4 Å². The first-order valence-corrected chi connectivity index (χ1v) is 8.28. The molecule has 2 aromatic rings. The molecule has 6 heteroatoms. The summed E-state index contributed by atoms with van der Waals surface area (Å²) >= 11 is 3.42. The van der Waals surface area contributed by atoms with Crippen molar-refractivity contribution in [2.45, 2.75) is 19.8 Å². The number of aryl methyl sites for hydroxylation is 1. The minimum absolute atomic E-state index is 0.206. The van der Waals surface area contributed by atoms with Crippen molar-refractivity contribution >= 4 is 45.0 Å². The van der Waals surface area contributed by atoms with Crippen LogP contribution < -0.4 is 10.2 Å². The number of carbonyl (C=O) groups excluding carboxylic acids is 3. The summed E-state index contributed by atoms with van der Waals surface area (Å²) < 4.78 is 0.977. The highest BCUT2D eigenvalue weighted by atomic mass is 79.9. The van der Waals surface area contributed by atoms with Crippen LogP contribution in [0.5, 0.6) is 0 Å². The van der Waals surface area contributed by atoms with Crippen molar-refractivity contribution in [1.82, 2.24) is 0 Å². The Kier molecular flexibility index (Phi) is 4.49. The number of hydrogen-bond acceptors (Lipinski definition) is 3. The molecule has 0 saturated carbocycles. The molecule has 1 N–H and O–H groups in total. The molecular formula is C18H15BrN2O3. The maximum Gasteiger partial charge on any atom is 0.255 e. The van der Waals surface area contributed by atoms with Crippen molar-refractivity contribution in [2.24, 2.45) is 0 Å². The molecule has 0 aromatic heterocycles. The molecule has 0 radical (unpaired) electrons. The van der Waals surface area contributed by atoms with Gasteiger partial charge in [-0.25, -0.2) is 0 Å². The zero-order valence-corrected chi connectivity index (χ0v) is 14.6. The summed E-state index contributed by atoms with van der Waals surface area (Å²) in [6.45, 7) is 1.94. The predicted molar refractivity (Wildman–Crippen MR) is 95.0 cm³/mol. The summed E-state index contributed by atoms with van der Waals surface area (Å²) in [7, 11) is 0. The number of rotatable bonds is 3. The van der Waals surface area contributed by atoms with Crippen molar-refractivity contribution in [3.8, 4) is 0 Å². The summed E-state index contributed by atoms with van der Waals surface area (Å²) in [5.41, 5.74) is 2.68. The van der Waals surface area contributed by atoms with Gasteiger partial charge in [-0.15, -0.1) is 0 Å². The number of hydrogen-bond donors (Lipinski definition) is 1. The Bertz CT molecular complexity index is 815.